The van der Waals surface area contributed by atoms with Crippen molar-refractivity contribution in [3.05, 3.63) is 0 Å². The van der Waals surface area contributed by atoms with E-state index in [0.29, 0.717) is 6.61 Å². The molecule has 0 heterocycles. The molecule has 0 saturated heterocycles. The number of ether oxygens (including phenoxy) is 1. The zero-order valence-electron chi connectivity index (χ0n) is 8.54. The van der Waals surface area contributed by atoms with E-state index in [9.17, 15) is 4.79 Å². The second kappa shape index (κ2) is 7.44. The van der Waals surface area contributed by atoms with Crippen LogP contribution in [0.25, 0.3) is 0 Å². The van der Waals surface area contributed by atoms with Gasteiger partial charge in [0, 0.05) is 6.04 Å². The molecule has 0 unspecified atom stereocenters. The highest BCUT2D eigenvalue weighted by Crippen LogP contribution is 1.91. The van der Waals surface area contributed by atoms with Gasteiger partial charge in [-0.1, -0.05) is 5.16 Å². The lowest BCUT2D eigenvalue weighted by Crippen LogP contribution is -2.32. The summed E-state index contributed by atoms with van der Waals surface area (Å²) in [5.41, 5.74) is 0. The molecule has 0 aliphatic rings. The predicted octanol–water partition coefficient (Wildman–Crippen LogP) is 1.71. The molecule has 0 saturated carbocycles. The molecule has 0 aromatic rings. The summed E-state index contributed by atoms with van der Waals surface area (Å²) in [7, 11) is 0. The van der Waals surface area contributed by atoms with Gasteiger partial charge in [0.25, 0.3) is 5.90 Å². The van der Waals surface area contributed by atoms with Crippen molar-refractivity contribution in [1.82, 2.24) is 5.32 Å². The summed E-state index contributed by atoms with van der Waals surface area (Å²) < 4.78 is 4.76. The van der Waals surface area contributed by atoms with Crippen molar-refractivity contribution in [3.63, 3.8) is 0 Å². The van der Waals surface area contributed by atoms with Crippen LogP contribution >= 0.6 is 11.6 Å². The van der Waals surface area contributed by atoms with Crippen molar-refractivity contribution in [2.75, 3.05) is 12.5 Å². The number of halogens is 1. The van der Waals surface area contributed by atoms with Gasteiger partial charge in [0.15, 0.2) is 0 Å². The summed E-state index contributed by atoms with van der Waals surface area (Å²) in [6, 6.07) is 0.00571. The van der Waals surface area contributed by atoms with E-state index in [4.69, 9.17) is 21.2 Å². The minimum atomic E-state index is -0.584. The molecule has 0 aromatic carbocycles. The van der Waals surface area contributed by atoms with Crippen LogP contribution in [-0.2, 0) is 9.57 Å². The maximum Gasteiger partial charge on any atom is 0.414 e. The minimum Gasteiger partial charge on any atom is -0.393 e. The monoisotopic (exact) mass is 222 g/mol. The van der Waals surface area contributed by atoms with Gasteiger partial charge in [0.1, 0.15) is 12.5 Å². The van der Waals surface area contributed by atoms with E-state index in [1.165, 1.54) is 0 Å². The second-order valence-corrected chi connectivity index (χ2v) is 2.99. The number of carbonyl (C=O) groups excluding carboxylic acids is 1. The van der Waals surface area contributed by atoms with Crippen LogP contribution in [0.1, 0.15) is 20.8 Å². The van der Waals surface area contributed by atoms with Crippen LogP contribution in [0.15, 0.2) is 5.16 Å². The number of rotatable bonds is 4. The summed E-state index contributed by atoms with van der Waals surface area (Å²) in [6.45, 7) is 5.81. The second-order valence-electron chi connectivity index (χ2n) is 2.72. The Morgan fingerprint density at radius 3 is 2.64 bits per heavy atom. The first-order valence-corrected chi connectivity index (χ1v) is 4.86. The molecule has 5 nitrogen and oxygen atoms in total. The molecule has 14 heavy (non-hydrogen) atoms. The highest BCUT2D eigenvalue weighted by atomic mass is 35.5. The van der Waals surface area contributed by atoms with Crippen LogP contribution in [0.4, 0.5) is 4.79 Å². The van der Waals surface area contributed by atoms with Crippen LogP contribution < -0.4 is 5.32 Å². The van der Waals surface area contributed by atoms with Crippen LogP contribution in [-0.4, -0.2) is 30.5 Å². The van der Waals surface area contributed by atoms with Crippen molar-refractivity contribution in [2.45, 2.75) is 26.8 Å². The van der Waals surface area contributed by atoms with E-state index in [0.717, 1.165) is 0 Å². The van der Waals surface area contributed by atoms with E-state index < -0.39 is 6.09 Å². The molecule has 0 aromatic heterocycles. The smallest absolute Gasteiger partial charge is 0.393 e. The molecular weight excluding hydrogens is 208 g/mol. The Morgan fingerprint density at radius 1 is 1.57 bits per heavy atom. The first kappa shape index (κ1) is 13.0. The average molecular weight is 223 g/mol. The maximum absolute atomic E-state index is 11.1. The quantitative estimate of drug-likeness (QED) is 0.341. The fourth-order valence-corrected chi connectivity index (χ4v) is 0.682. The molecule has 82 valence electrons. The van der Waals surface area contributed by atoms with Crippen molar-refractivity contribution < 1.29 is 14.4 Å². The molecule has 1 amide bonds. The van der Waals surface area contributed by atoms with Crippen LogP contribution in [0, 0.1) is 0 Å². The molecule has 0 fully saturated rings. The van der Waals surface area contributed by atoms with Crippen LogP contribution in [0.2, 0.25) is 0 Å². The van der Waals surface area contributed by atoms with Crippen LogP contribution in [0.5, 0.6) is 0 Å². The molecule has 0 radical (unpaired) electrons. The van der Waals surface area contributed by atoms with Gasteiger partial charge in [0.05, 0.1) is 0 Å². The Labute approximate surface area is 88.4 Å². The summed E-state index contributed by atoms with van der Waals surface area (Å²) in [5, 5.41) is 6.04. The van der Waals surface area contributed by atoms with E-state index >= 15 is 0 Å². The third-order valence-corrected chi connectivity index (χ3v) is 1.26. The summed E-state index contributed by atoms with van der Waals surface area (Å²) >= 11 is 5.47. The lowest BCUT2D eigenvalue weighted by Gasteiger charge is -2.08. The molecule has 0 atom stereocenters. The first-order valence-electron chi connectivity index (χ1n) is 4.33. The Kier molecular flexibility index (Phi) is 6.92. The molecule has 6 heteroatoms. The largest absolute Gasteiger partial charge is 0.414 e. The third-order valence-electron chi connectivity index (χ3n) is 1.03. The zero-order chi connectivity index (χ0) is 11.0. The molecule has 1 N–H and O–H groups in total. The number of hydrogen-bond acceptors (Lipinski definition) is 4. The highest BCUT2D eigenvalue weighted by molar-refractivity contribution is 6.27. The molecule has 0 aliphatic heterocycles. The number of alkyl carbamates (subject to hydrolysis) is 1. The SMILES string of the molecule is CCON=C(CCl)OC(=O)NC(C)C. The van der Waals surface area contributed by atoms with Gasteiger partial charge >= 0.3 is 6.09 Å². The number of hydrogen-bond donors (Lipinski definition) is 1. The fraction of sp³-hybridized carbons (Fsp3) is 0.750. The molecule has 0 aliphatic carbocycles. The Hall–Kier alpha value is -0.970. The highest BCUT2D eigenvalue weighted by Gasteiger charge is 2.08. The zero-order valence-corrected chi connectivity index (χ0v) is 9.30. The number of nitrogens with zero attached hydrogens (tertiary/aromatic N) is 1. The maximum atomic E-state index is 11.1. The first-order chi connectivity index (χ1) is 6.60. The average Bonchev–Trinajstić information content (AvgIpc) is 2.10. The molecule has 0 bridgehead atoms. The van der Waals surface area contributed by atoms with Crippen molar-refractivity contribution in [3.8, 4) is 0 Å². The Balaban J connectivity index is 3.98. The third kappa shape index (κ3) is 6.54. The number of oxime groups is 1. The van der Waals surface area contributed by atoms with Gasteiger partial charge in [-0.25, -0.2) is 4.79 Å². The van der Waals surface area contributed by atoms with E-state index in [1.807, 2.05) is 13.8 Å². The molecule has 0 rings (SSSR count). The summed E-state index contributed by atoms with van der Waals surface area (Å²) in [5.74, 6) is 0.0394. The predicted molar refractivity (Wildman–Crippen MR) is 54.5 cm³/mol. The number of nitrogens with one attached hydrogen (secondary N) is 1. The van der Waals surface area contributed by atoms with Crippen molar-refractivity contribution >= 4 is 23.6 Å². The standard InChI is InChI=1S/C8H15ClN2O3/c1-4-13-11-7(5-9)14-8(12)10-6(2)3/h6H,4-5H2,1-3H3,(H,10,12). The molecule has 0 spiro atoms. The molecular formula is C8H15ClN2O3. The van der Waals surface area contributed by atoms with Crippen molar-refractivity contribution in [1.29, 1.82) is 0 Å². The normalized spacial score (nSPS) is 11.4. The van der Waals surface area contributed by atoms with E-state index in [-0.39, 0.29) is 17.8 Å². The Bertz CT molecular complexity index is 207. The van der Waals surface area contributed by atoms with Crippen LogP contribution in [0.3, 0.4) is 0 Å². The van der Waals surface area contributed by atoms with Gasteiger partial charge in [-0.05, 0) is 20.8 Å². The van der Waals surface area contributed by atoms with Crippen molar-refractivity contribution in [2.24, 2.45) is 5.16 Å². The fourth-order valence-electron chi connectivity index (χ4n) is 0.579. The number of alkyl halides is 1. The Morgan fingerprint density at radius 2 is 2.21 bits per heavy atom. The van der Waals surface area contributed by atoms with Gasteiger partial charge in [-0.3, -0.25) is 0 Å². The topological polar surface area (TPSA) is 59.9 Å². The minimum absolute atomic E-state index is 0.00571. The van der Waals surface area contributed by atoms with Gasteiger partial charge in [0.2, 0.25) is 0 Å². The number of carbonyl (C=O) groups is 1. The van der Waals surface area contributed by atoms with E-state index in [1.54, 1.807) is 6.92 Å². The number of amides is 1. The summed E-state index contributed by atoms with van der Waals surface area (Å²) in [6.07, 6.45) is -0.584. The van der Waals surface area contributed by atoms with E-state index in [2.05, 4.69) is 10.5 Å². The van der Waals surface area contributed by atoms with Gasteiger partial charge in [-0.15, -0.1) is 11.6 Å². The van der Waals surface area contributed by atoms with Gasteiger partial charge < -0.3 is 14.9 Å². The van der Waals surface area contributed by atoms with Gasteiger partial charge in [-0.2, -0.15) is 0 Å². The summed E-state index contributed by atoms with van der Waals surface area (Å²) in [4.78, 5) is 15.7. The lowest BCUT2D eigenvalue weighted by molar-refractivity contribution is 0.145. The lowest BCUT2D eigenvalue weighted by atomic mass is 10.4.